The largest absolute Gasteiger partial charge is 0.507 e. The monoisotopic (exact) mass is 389 g/mol. The standard InChI is InChI=1S/C14H16INO4/c1-8-4-5-16(11(6-8)14(19)20)13(18)9-2-3-10(15)12(17)7-9/h2-3,7-8,11,17H,4-6H2,1H3,(H,19,20). The van der Waals surface area contributed by atoms with Gasteiger partial charge in [0.15, 0.2) is 0 Å². The van der Waals surface area contributed by atoms with Crippen LogP contribution in [0.4, 0.5) is 0 Å². The van der Waals surface area contributed by atoms with Gasteiger partial charge in [0.1, 0.15) is 11.8 Å². The molecule has 2 N–H and O–H groups in total. The van der Waals surface area contributed by atoms with Crippen LogP contribution in [0, 0.1) is 9.49 Å². The lowest BCUT2D eigenvalue weighted by atomic mass is 9.92. The number of carboxylic acids is 1. The Morgan fingerprint density at radius 3 is 2.70 bits per heavy atom. The van der Waals surface area contributed by atoms with Crippen LogP contribution in [0.15, 0.2) is 18.2 Å². The average Bonchev–Trinajstić information content (AvgIpc) is 2.41. The first-order valence-corrected chi connectivity index (χ1v) is 7.50. The Kier molecular flexibility index (Phi) is 4.52. The van der Waals surface area contributed by atoms with Crippen molar-refractivity contribution >= 4 is 34.5 Å². The van der Waals surface area contributed by atoms with Crippen LogP contribution in [0.2, 0.25) is 0 Å². The number of hydrogen-bond donors (Lipinski definition) is 2. The van der Waals surface area contributed by atoms with Gasteiger partial charge in [-0.25, -0.2) is 4.79 Å². The van der Waals surface area contributed by atoms with Gasteiger partial charge in [-0.15, -0.1) is 0 Å². The molecule has 20 heavy (non-hydrogen) atoms. The minimum absolute atomic E-state index is 0.0358. The van der Waals surface area contributed by atoms with Crippen molar-refractivity contribution in [2.45, 2.75) is 25.8 Å². The third-order valence-corrected chi connectivity index (χ3v) is 4.52. The van der Waals surface area contributed by atoms with E-state index in [1.807, 2.05) is 29.5 Å². The molecule has 0 bridgehead atoms. The molecule has 1 aliphatic heterocycles. The van der Waals surface area contributed by atoms with E-state index in [9.17, 15) is 19.8 Å². The third kappa shape index (κ3) is 3.05. The molecule has 0 aliphatic carbocycles. The Morgan fingerprint density at radius 2 is 2.10 bits per heavy atom. The second-order valence-electron chi connectivity index (χ2n) is 5.15. The molecule has 2 unspecified atom stereocenters. The minimum Gasteiger partial charge on any atom is -0.507 e. The average molecular weight is 389 g/mol. The summed E-state index contributed by atoms with van der Waals surface area (Å²) in [6.45, 7) is 2.43. The highest BCUT2D eigenvalue weighted by Gasteiger charge is 2.35. The van der Waals surface area contributed by atoms with Gasteiger partial charge in [-0.2, -0.15) is 0 Å². The number of carboxylic acid groups (broad SMARTS) is 1. The number of likely N-dealkylation sites (tertiary alicyclic amines) is 1. The summed E-state index contributed by atoms with van der Waals surface area (Å²) < 4.78 is 0.654. The van der Waals surface area contributed by atoms with E-state index in [1.165, 1.54) is 11.0 Å². The van der Waals surface area contributed by atoms with Gasteiger partial charge in [-0.1, -0.05) is 6.92 Å². The molecule has 108 valence electrons. The number of aromatic hydroxyl groups is 1. The molecule has 0 saturated carbocycles. The SMILES string of the molecule is CC1CCN(C(=O)c2ccc(I)c(O)c2)C(C(=O)O)C1. The molecule has 0 spiro atoms. The van der Waals surface area contributed by atoms with E-state index in [2.05, 4.69) is 0 Å². The van der Waals surface area contributed by atoms with Gasteiger partial charge in [0.25, 0.3) is 5.91 Å². The fraction of sp³-hybridized carbons (Fsp3) is 0.429. The van der Waals surface area contributed by atoms with Gasteiger partial charge in [-0.3, -0.25) is 4.79 Å². The summed E-state index contributed by atoms with van der Waals surface area (Å²) in [5.74, 6) is -0.977. The molecule has 1 amide bonds. The smallest absolute Gasteiger partial charge is 0.326 e. The van der Waals surface area contributed by atoms with Crippen molar-refractivity contribution in [3.8, 4) is 5.75 Å². The van der Waals surface area contributed by atoms with E-state index >= 15 is 0 Å². The van der Waals surface area contributed by atoms with E-state index in [-0.39, 0.29) is 11.7 Å². The summed E-state index contributed by atoms with van der Waals surface area (Å²) in [5, 5.41) is 18.9. The lowest BCUT2D eigenvalue weighted by Gasteiger charge is -2.36. The van der Waals surface area contributed by atoms with Gasteiger partial charge >= 0.3 is 5.97 Å². The highest BCUT2D eigenvalue weighted by atomic mass is 127. The van der Waals surface area contributed by atoms with Crippen LogP contribution in [0.1, 0.15) is 30.1 Å². The number of amides is 1. The van der Waals surface area contributed by atoms with E-state index < -0.39 is 12.0 Å². The predicted octanol–water partition coefficient (Wildman–Crippen LogP) is 2.32. The number of rotatable bonds is 2. The van der Waals surface area contributed by atoms with E-state index in [4.69, 9.17) is 0 Å². The minimum atomic E-state index is -0.973. The lowest BCUT2D eigenvalue weighted by Crippen LogP contribution is -2.49. The fourth-order valence-corrected chi connectivity index (χ4v) is 2.77. The molecule has 1 aromatic carbocycles. The fourth-order valence-electron chi connectivity index (χ4n) is 2.43. The van der Waals surface area contributed by atoms with Crippen molar-refractivity contribution in [2.24, 2.45) is 5.92 Å². The van der Waals surface area contributed by atoms with Crippen LogP contribution in [-0.4, -0.2) is 39.6 Å². The highest BCUT2D eigenvalue weighted by molar-refractivity contribution is 14.1. The van der Waals surface area contributed by atoms with Crippen LogP contribution < -0.4 is 0 Å². The Hall–Kier alpha value is -1.31. The first kappa shape index (κ1) is 15.1. The van der Waals surface area contributed by atoms with Crippen molar-refractivity contribution in [1.29, 1.82) is 0 Å². The van der Waals surface area contributed by atoms with Gasteiger partial charge in [0, 0.05) is 12.1 Å². The van der Waals surface area contributed by atoms with Crippen LogP contribution >= 0.6 is 22.6 Å². The zero-order valence-electron chi connectivity index (χ0n) is 11.0. The first-order valence-electron chi connectivity index (χ1n) is 6.42. The Morgan fingerprint density at radius 1 is 1.40 bits per heavy atom. The second-order valence-corrected chi connectivity index (χ2v) is 6.31. The summed E-state index contributed by atoms with van der Waals surface area (Å²) in [5.41, 5.74) is 0.323. The Balaban J connectivity index is 2.26. The van der Waals surface area contributed by atoms with Crippen LogP contribution in [0.5, 0.6) is 5.75 Å². The summed E-state index contributed by atoms with van der Waals surface area (Å²) in [4.78, 5) is 25.1. The van der Waals surface area contributed by atoms with Crippen LogP contribution in [0.25, 0.3) is 0 Å². The molecule has 1 saturated heterocycles. The molecule has 1 heterocycles. The van der Waals surface area contributed by atoms with Crippen molar-refractivity contribution in [1.82, 2.24) is 4.90 Å². The summed E-state index contributed by atoms with van der Waals surface area (Å²) in [7, 11) is 0. The van der Waals surface area contributed by atoms with Crippen molar-refractivity contribution in [2.75, 3.05) is 6.54 Å². The van der Waals surface area contributed by atoms with E-state index in [1.54, 1.807) is 12.1 Å². The molecular formula is C14H16INO4. The normalized spacial score (nSPS) is 22.6. The van der Waals surface area contributed by atoms with Gasteiger partial charge in [0.05, 0.1) is 3.57 Å². The molecule has 0 radical (unpaired) electrons. The van der Waals surface area contributed by atoms with E-state index in [0.717, 1.165) is 6.42 Å². The molecule has 6 heteroatoms. The van der Waals surface area contributed by atoms with Crippen molar-refractivity contribution in [3.63, 3.8) is 0 Å². The lowest BCUT2D eigenvalue weighted by molar-refractivity contribution is -0.144. The molecule has 1 fully saturated rings. The first-order chi connectivity index (χ1) is 9.40. The van der Waals surface area contributed by atoms with Crippen LogP contribution in [0.3, 0.4) is 0 Å². The van der Waals surface area contributed by atoms with Gasteiger partial charge in [-0.05, 0) is 59.5 Å². The highest BCUT2D eigenvalue weighted by Crippen LogP contribution is 2.26. The number of halogens is 1. The molecule has 2 rings (SSSR count). The van der Waals surface area contributed by atoms with Gasteiger partial charge in [0.2, 0.25) is 0 Å². The van der Waals surface area contributed by atoms with Gasteiger partial charge < -0.3 is 15.1 Å². The number of phenolic OH excluding ortho intramolecular Hbond substituents is 1. The molecule has 1 aromatic rings. The topological polar surface area (TPSA) is 77.8 Å². The maximum Gasteiger partial charge on any atom is 0.326 e. The summed E-state index contributed by atoms with van der Waals surface area (Å²) >= 11 is 1.97. The number of phenols is 1. The molecule has 0 aromatic heterocycles. The Labute approximate surface area is 130 Å². The maximum absolute atomic E-state index is 12.4. The second kappa shape index (κ2) is 5.99. The number of hydrogen-bond acceptors (Lipinski definition) is 3. The molecule has 5 nitrogen and oxygen atoms in total. The summed E-state index contributed by atoms with van der Waals surface area (Å²) in [6, 6.07) is 3.86. The number of benzene rings is 1. The van der Waals surface area contributed by atoms with Crippen LogP contribution in [-0.2, 0) is 4.79 Å². The predicted molar refractivity (Wildman–Crippen MR) is 81.7 cm³/mol. The number of aliphatic carboxylic acids is 1. The quantitative estimate of drug-likeness (QED) is 0.762. The van der Waals surface area contributed by atoms with Crippen molar-refractivity contribution in [3.05, 3.63) is 27.3 Å². The zero-order valence-corrected chi connectivity index (χ0v) is 13.2. The van der Waals surface area contributed by atoms with E-state index in [0.29, 0.717) is 28.0 Å². The van der Waals surface area contributed by atoms with Crippen molar-refractivity contribution < 1.29 is 19.8 Å². The molecule has 1 aliphatic rings. The summed E-state index contributed by atoms with van der Waals surface area (Å²) in [6.07, 6.45) is 1.27. The number of piperidine rings is 1. The number of carbonyl (C=O) groups excluding carboxylic acids is 1. The molecule has 2 atom stereocenters. The Bertz CT molecular complexity index is 546. The number of carbonyl (C=O) groups is 2. The molecular weight excluding hydrogens is 373 g/mol. The zero-order chi connectivity index (χ0) is 14.9. The third-order valence-electron chi connectivity index (χ3n) is 3.60. The maximum atomic E-state index is 12.4. The number of nitrogens with zero attached hydrogens (tertiary/aromatic N) is 1.